The van der Waals surface area contributed by atoms with Crippen molar-refractivity contribution >= 4 is 52.1 Å². The van der Waals surface area contributed by atoms with E-state index < -0.39 is 5.78 Å². The number of hydrogen-bond acceptors (Lipinski definition) is 7. The molecule has 2 aromatic carbocycles. The summed E-state index contributed by atoms with van der Waals surface area (Å²) in [4.78, 5) is 21.5. The lowest BCUT2D eigenvalue weighted by Gasteiger charge is -2.10. The van der Waals surface area contributed by atoms with Crippen LogP contribution in [0.4, 0.5) is 5.69 Å². The average molecular weight is 447 g/mol. The van der Waals surface area contributed by atoms with Crippen molar-refractivity contribution in [2.75, 3.05) is 18.8 Å². The number of aromatic nitrogens is 2. The standard InChI is InChI=1S/C20H16Cl2N4O2S/c1-28-13-9-7-12(8-10-13)25-26-17(14-5-3-4-6-16(14)21)18(27)15-11-23-20(29-2)24-19(15)22/h3-11,25H,1-2H3. The van der Waals surface area contributed by atoms with Gasteiger partial charge in [0, 0.05) is 11.8 Å². The Balaban J connectivity index is 2.01. The molecule has 1 heterocycles. The molecule has 0 radical (unpaired) electrons. The van der Waals surface area contributed by atoms with E-state index >= 15 is 0 Å². The molecule has 148 valence electrons. The van der Waals surface area contributed by atoms with Crippen molar-refractivity contribution in [1.82, 2.24) is 9.97 Å². The van der Waals surface area contributed by atoms with E-state index in [0.29, 0.717) is 27.2 Å². The second-order valence-corrected chi connectivity index (χ2v) is 7.21. The molecule has 1 N–H and O–H groups in total. The number of ketones is 1. The first-order chi connectivity index (χ1) is 14.0. The summed E-state index contributed by atoms with van der Waals surface area (Å²) in [5, 5.41) is 5.22. The number of nitrogens with zero attached hydrogens (tertiary/aromatic N) is 3. The monoisotopic (exact) mass is 446 g/mol. The summed E-state index contributed by atoms with van der Waals surface area (Å²) in [7, 11) is 1.59. The van der Waals surface area contributed by atoms with E-state index in [1.807, 2.05) is 6.26 Å². The molecule has 3 aromatic rings. The molecule has 0 bridgehead atoms. The predicted octanol–water partition coefficient (Wildman–Crippen LogP) is 5.21. The number of carbonyl (C=O) groups excluding carboxylic acids is 1. The number of benzene rings is 2. The fourth-order valence-corrected chi connectivity index (χ4v) is 3.23. The number of rotatable bonds is 7. The fraction of sp³-hybridized carbons (Fsp3) is 0.100. The van der Waals surface area contributed by atoms with Crippen LogP contribution in [0.25, 0.3) is 0 Å². The number of methoxy groups -OCH3 is 1. The van der Waals surface area contributed by atoms with E-state index in [0.717, 1.165) is 0 Å². The van der Waals surface area contributed by atoms with Crippen molar-refractivity contribution in [1.29, 1.82) is 0 Å². The number of nitrogens with one attached hydrogen (secondary N) is 1. The van der Waals surface area contributed by atoms with Crippen LogP contribution in [-0.2, 0) is 0 Å². The van der Waals surface area contributed by atoms with Crippen molar-refractivity contribution in [3.05, 3.63) is 76.0 Å². The van der Waals surface area contributed by atoms with Crippen molar-refractivity contribution in [2.24, 2.45) is 5.10 Å². The van der Waals surface area contributed by atoms with E-state index in [1.165, 1.54) is 18.0 Å². The summed E-state index contributed by atoms with van der Waals surface area (Å²) in [6.45, 7) is 0. The molecule has 6 nitrogen and oxygen atoms in total. The maximum atomic E-state index is 13.2. The van der Waals surface area contributed by atoms with Crippen molar-refractivity contribution < 1.29 is 9.53 Å². The van der Waals surface area contributed by atoms with Crippen LogP contribution in [0.3, 0.4) is 0 Å². The molecule has 0 spiro atoms. The molecular weight excluding hydrogens is 431 g/mol. The Labute approximate surface area is 182 Å². The first kappa shape index (κ1) is 21.1. The molecule has 29 heavy (non-hydrogen) atoms. The molecule has 0 aliphatic heterocycles. The highest BCUT2D eigenvalue weighted by Crippen LogP contribution is 2.23. The van der Waals surface area contributed by atoms with E-state index in [9.17, 15) is 4.79 Å². The Morgan fingerprint density at radius 3 is 2.45 bits per heavy atom. The van der Waals surface area contributed by atoms with Crippen molar-refractivity contribution in [3.63, 3.8) is 0 Å². The Morgan fingerprint density at radius 2 is 1.83 bits per heavy atom. The highest BCUT2D eigenvalue weighted by atomic mass is 35.5. The number of anilines is 1. The topological polar surface area (TPSA) is 76.5 Å². The van der Waals surface area contributed by atoms with Crippen LogP contribution >= 0.6 is 35.0 Å². The number of ether oxygens (including phenoxy) is 1. The molecule has 0 aliphatic carbocycles. The van der Waals surface area contributed by atoms with E-state index in [1.54, 1.807) is 55.6 Å². The molecule has 3 rings (SSSR count). The van der Waals surface area contributed by atoms with Gasteiger partial charge in [0.05, 0.1) is 23.4 Å². The zero-order valence-electron chi connectivity index (χ0n) is 15.5. The molecule has 0 unspecified atom stereocenters. The molecule has 9 heteroatoms. The molecule has 1 aromatic heterocycles. The zero-order chi connectivity index (χ0) is 20.8. The number of Topliss-reactive ketones (excluding diaryl/α,β-unsaturated/α-hetero) is 1. The molecular formula is C20H16Cl2N4O2S. The summed E-state index contributed by atoms with van der Waals surface area (Å²) in [6.07, 6.45) is 3.21. The smallest absolute Gasteiger partial charge is 0.218 e. The van der Waals surface area contributed by atoms with Gasteiger partial charge in [0.15, 0.2) is 5.16 Å². The summed E-state index contributed by atoms with van der Waals surface area (Å²) < 4.78 is 5.14. The van der Waals surface area contributed by atoms with Gasteiger partial charge in [-0.15, -0.1) is 0 Å². The molecule has 0 fully saturated rings. The van der Waals surface area contributed by atoms with Crippen molar-refractivity contribution in [3.8, 4) is 5.75 Å². The van der Waals surface area contributed by atoms with Crippen LogP contribution in [0.5, 0.6) is 5.75 Å². The molecule has 0 atom stereocenters. The predicted molar refractivity (Wildman–Crippen MR) is 118 cm³/mol. The second kappa shape index (κ2) is 9.73. The molecule has 0 amide bonds. The summed E-state index contributed by atoms with van der Waals surface area (Å²) >= 11 is 13.9. The molecule has 0 aliphatic rings. The third-order valence-electron chi connectivity index (χ3n) is 3.88. The second-order valence-electron chi connectivity index (χ2n) is 5.67. The van der Waals surface area contributed by atoms with Gasteiger partial charge >= 0.3 is 0 Å². The Bertz CT molecular complexity index is 1060. The minimum Gasteiger partial charge on any atom is -0.497 e. The maximum Gasteiger partial charge on any atom is 0.218 e. The highest BCUT2D eigenvalue weighted by Gasteiger charge is 2.23. The first-order valence-corrected chi connectivity index (χ1v) is 10.4. The van der Waals surface area contributed by atoms with Gasteiger partial charge in [-0.3, -0.25) is 10.2 Å². The van der Waals surface area contributed by atoms with Gasteiger partial charge in [-0.25, -0.2) is 9.97 Å². The third-order valence-corrected chi connectivity index (χ3v) is 5.06. The van der Waals surface area contributed by atoms with Crippen LogP contribution in [0.1, 0.15) is 15.9 Å². The van der Waals surface area contributed by atoms with Gasteiger partial charge in [-0.2, -0.15) is 5.10 Å². The lowest BCUT2D eigenvalue weighted by atomic mass is 10.0. The van der Waals surface area contributed by atoms with E-state index in [-0.39, 0.29) is 16.4 Å². The van der Waals surface area contributed by atoms with Gasteiger partial charge in [0.25, 0.3) is 0 Å². The number of thioether (sulfide) groups is 1. The number of hydrazone groups is 1. The van der Waals surface area contributed by atoms with Crippen LogP contribution in [-0.4, -0.2) is 34.8 Å². The quantitative estimate of drug-likeness (QED) is 0.134. The normalized spacial score (nSPS) is 11.2. The summed E-state index contributed by atoms with van der Waals surface area (Å²) in [6, 6.07) is 14.0. The van der Waals surface area contributed by atoms with E-state index in [4.69, 9.17) is 27.9 Å². The minimum absolute atomic E-state index is 0.0542. The lowest BCUT2D eigenvalue weighted by molar-refractivity contribution is 0.106. The van der Waals surface area contributed by atoms with Crippen molar-refractivity contribution in [2.45, 2.75) is 5.16 Å². The lowest BCUT2D eigenvalue weighted by Crippen LogP contribution is -2.19. The van der Waals surface area contributed by atoms with E-state index in [2.05, 4.69) is 20.5 Å². The van der Waals surface area contributed by atoms with Gasteiger partial charge in [-0.05, 0) is 36.6 Å². The summed E-state index contributed by atoms with van der Waals surface area (Å²) in [5.74, 6) is 0.261. The number of hydrogen-bond donors (Lipinski definition) is 1. The fourth-order valence-electron chi connectivity index (χ4n) is 2.40. The van der Waals surface area contributed by atoms with Gasteiger partial charge in [-0.1, -0.05) is 53.2 Å². The average Bonchev–Trinajstić information content (AvgIpc) is 2.75. The summed E-state index contributed by atoms with van der Waals surface area (Å²) in [5.41, 5.74) is 4.24. The minimum atomic E-state index is -0.447. The van der Waals surface area contributed by atoms with Crippen LogP contribution < -0.4 is 10.2 Å². The number of halogens is 2. The van der Waals surface area contributed by atoms with Gasteiger partial charge in [0.1, 0.15) is 16.6 Å². The molecule has 0 saturated heterocycles. The highest BCUT2D eigenvalue weighted by molar-refractivity contribution is 7.98. The largest absolute Gasteiger partial charge is 0.497 e. The SMILES string of the molecule is COc1ccc(NN=C(C(=O)c2cnc(SC)nc2Cl)c2ccccc2Cl)cc1. The van der Waals surface area contributed by atoms with Crippen LogP contribution in [0, 0.1) is 0 Å². The third kappa shape index (κ3) is 5.06. The Hall–Kier alpha value is -2.61. The maximum absolute atomic E-state index is 13.2. The first-order valence-electron chi connectivity index (χ1n) is 8.37. The molecule has 0 saturated carbocycles. The number of carbonyl (C=O) groups is 1. The van der Waals surface area contributed by atoms with Gasteiger partial charge in [0.2, 0.25) is 5.78 Å². The Morgan fingerprint density at radius 1 is 1.10 bits per heavy atom. The van der Waals surface area contributed by atoms with Crippen LogP contribution in [0.2, 0.25) is 10.2 Å². The zero-order valence-corrected chi connectivity index (χ0v) is 17.8. The van der Waals surface area contributed by atoms with Crippen LogP contribution in [0.15, 0.2) is 65.0 Å². The van der Waals surface area contributed by atoms with Gasteiger partial charge < -0.3 is 4.74 Å². The Kier molecular flexibility index (Phi) is 7.09.